The van der Waals surface area contributed by atoms with Crippen LogP contribution in [-0.2, 0) is 15.1 Å². The Morgan fingerprint density at radius 1 is 1.35 bits per heavy atom. The fraction of sp³-hybridized carbons (Fsp3) is 0.300. The Morgan fingerprint density at radius 2 is 1.94 bits per heavy atom. The Labute approximate surface area is 94.2 Å². The van der Waals surface area contributed by atoms with Crippen molar-refractivity contribution >= 4 is 5.97 Å². The maximum absolute atomic E-state index is 12.9. The van der Waals surface area contributed by atoms with E-state index in [1.807, 2.05) is 0 Å². The number of nitrogens with two attached hydrogens (primary N) is 1. The first-order chi connectivity index (χ1) is 7.73. The molecule has 0 amide bonds. The summed E-state index contributed by atoms with van der Waals surface area (Å²) in [5, 5.41) is 0. The van der Waals surface area contributed by atoms with Crippen LogP contribution in [0.5, 0.6) is 0 Å². The van der Waals surface area contributed by atoms with Crippen LogP contribution in [0.2, 0.25) is 0 Å². The highest BCUT2D eigenvalue weighted by molar-refractivity contribution is 5.83. The van der Waals surface area contributed by atoms with Crippen molar-refractivity contribution in [3.05, 3.63) is 35.6 Å². The van der Waals surface area contributed by atoms with Gasteiger partial charge < -0.3 is 10.5 Å². The number of halogens is 4. The summed E-state index contributed by atoms with van der Waals surface area (Å²) < 4.78 is 55.3. The van der Waals surface area contributed by atoms with Crippen LogP contribution >= 0.6 is 0 Å². The zero-order chi connectivity index (χ0) is 13.3. The van der Waals surface area contributed by atoms with Crippen molar-refractivity contribution < 1.29 is 27.1 Å². The summed E-state index contributed by atoms with van der Waals surface area (Å²) in [7, 11) is 0.773. The fourth-order valence-electron chi connectivity index (χ4n) is 1.29. The summed E-state index contributed by atoms with van der Waals surface area (Å²) in [5.74, 6) is -2.62. The van der Waals surface area contributed by atoms with E-state index in [1.165, 1.54) is 0 Å². The largest absolute Gasteiger partial charge is 0.467 e. The highest BCUT2D eigenvalue weighted by atomic mass is 19.4. The van der Waals surface area contributed by atoms with Gasteiger partial charge in [0.1, 0.15) is 5.82 Å². The minimum atomic E-state index is -5.09. The van der Waals surface area contributed by atoms with Crippen molar-refractivity contribution in [2.75, 3.05) is 7.11 Å². The van der Waals surface area contributed by atoms with E-state index < -0.39 is 29.1 Å². The molecule has 1 rings (SSSR count). The van der Waals surface area contributed by atoms with Crippen LogP contribution in [0.4, 0.5) is 17.6 Å². The molecule has 0 aliphatic heterocycles. The molecular weight excluding hydrogens is 242 g/mol. The van der Waals surface area contributed by atoms with Crippen molar-refractivity contribution in [2.24, 2.45) is 5.73 Å². The second-order valence-electron chi connectivity index (χ2n) is 3.31. The molecule has 94 valence electrons. The third-order valence-corrected chi connectivity index (χ3v) is 2.23. The Morgan fingerprint density at radius 3 is 2.35 bits per heavy atom. The number of hydrogen-bond acceptors (Lipinski definition) is 3. The minimum Gasteiger partial charge on any atom is -0.467 e. The number of ether oxygens (including phenoxy) is 1. The number of benzene rings is 1. The van der Waals surface area contributed by atoms with Crippen LogP contribution in [-0.4, -0.2) is 19.3 Å². The number of carbonyl (C=O) groups is 1. The zero-order valence-corrected chi connectivity index (χ0v) is 8.72. The lowest BCUT2D eigenvalue weighted by atomic mass is 9.90. The topological polar surface area (TPSA) is 52.3 Å². The van der Waals surface area contributed by atoms with Crippen molar-refractivity contribution in [3.8, 4) is 0 Å². The second-order valence-corrected chi connectivity index (χ2v) is 3.31. The summed E-state index contributed by atoms with van der Waals surface area (Å²) in [5.41, 5.74) is 0.971. The predicted octanol–water partition coefficient (Wildman–Crippen LogP) is 1.71. The molecule has 0 heterocycles. The van der Waals surface area contributed by atoms with Crippen molar-refractivity contribution in [1.82, 2.24) is 0 Å². The first-order valence-electron chi connectivity index (χ1n) is 4.43. The first kappa shape index (κ1) is 13.4. The molecule has 0 aliphatic carbocycles. The van der Waals surface area contributed by atoms with E-state index in [4.69, 9.17) is 5.73 Å². The highest BCUT2D eigenvalue weighted by Gasteiger charge is 2.60. The van der Waals surface area contributed by atoms with Crippen molar-refractivity contribution in [1.29, 1.82) is 0 Å². The van der Waals surface area contributed by atoms with Crippen molar-refractivity contribution in [2.45, 2.75) is 11.7 Å². The van der Waals surface area contributed by atoms with Crippen LogP contribution in [0.1, 0.15) is 5.56 Å². The van der Waals surface area contributed by atoms with E-state index in [-0.39, 0.29) is 0 Å². The summed E-state index contributed by atoms with van der Waals surface area (Å²) in [6, 6.07) is 3.43. The molecule has 0 saturated carbocycles. The maximum atomic E-state index is 12.9. The number of esters is 1. The number of alkyl halides is 3. The zero-order valence-electron chi connectivity index (χ0n) is 8.72. The fourth-order valence-corrected chi connectivity index (χ4v) is 1.29. The second kappa shape index (κ2) is 4.33. The lowest BCUT2D eigenvalue weighted by Crippen LogP contribution is -2.57. The molecule has 0 spiro atoms. The molecule has 0 saturated heterocycles. The van der Waals surface area contributed by atoms with Gasteiger partial charge in [0.2, 0.25) is 5.54 Å². The van der Waals surface area contributed by atoms with Gasteiger partial charge in [0.25, 0.3) is 0 Å². The third kappa shape index (κ3) is 2.23. The molecule has 0 aromatic heterocycles. The van der Waals surface area contributed by atoms with Gasteiger partial charge in [-0.3, -0.25) is 0 Å². The van der Waals surface area contributed by atoms with Gasteiger partial charge in [-0.05, 0) is 17.7 Å². The van der Waals surface area contributed by atoms with Gasteiger partial charge >= 0.3 is 12.1 Å². The summed E-state index contributed by atoms with van der Waals surface area (Å²) in [6.07, 6.45) is -5.09. The predicted molar refractivity (Wildman–Crippen MR) is 50.3 cm³/mol. The third-order valence-electron chi connectivity index (χ3n) is 2.23. The van der Waals surface area contributed by atoms with E-state index in [1.54, 1.807) is 0 Å². The highest BCUT2D eigenvalue weighted by Crippen LogP contribution is 2.37. The molecule has 17 heavy (non-hydrogen) atoms. The molecule has 1 atom stereocenters. The smallest absolute Gasteiger partial charge is 0.421 e. The van der Waals surface area contributed by atoms with Crippen molar-refractivity contribution in [3.63, 3.8) is 0 Å². The van der Waals surface area contributed by atoms with Gasteiger partial charge in [0.15, 0.2) is 0 Å². The van der Waals surface area contributed by atoms with E-state index in [2.05, 4.69) is 4.74 Å². The summed E-state index contributed by atoms with van der Waals surface area (Å²) in [4.78, 5) is 11.2. The molecular formula is C10H9F4NO2. The average molecular weight is 251 g/mol. The summed E-state index contributed by atoms with van der Waals surface area (Å²) >= 11 is 0. The normalized spacial score (nSPS) is 15.2. The number of carbonyl (C=O) groups excluding carboxylic acids is 1. The molecule has 0 bridgehead atoms. The van der Waals surface area contributed by atoms with Crippen LogP contribution < -0.4 is 5.73 Å². The number of methoxy groups -OCH3 is 1. The molecule has 3 nitrogen and oxygen atoms in total. The van der Waals surface area contributed by atoms with Gasteiger partial charge in [-0.2, -0.15) is 13.2 Å². The molecule has 0 fully saturated rings. The van der Waals surface area contributed by atoms with Crippen LogP contribution in [0, 0.1) is 5.82 Å². The van der Waals surface area contributed by atoms with E-state index in [0.29, 0.717) is 6.07 Å². The van der Waals surface area contributed by atoms with Crippen LogP contribution in [0.15, 0.2) is 24.3 Å². The van der Waals surface area contributed by atoms with E-state index in [9.17, 15) is 22.4 Å². The average Bonchev–Trinajstić information content (AvgIpc) is 2.25. The van der Waals surface area contributed by atoms with Crippen LogP contribution in [0.25, 0.3) is 0 Å². The van der Waals surface area contributed by atoms with Gasteiger partial charge in [-0.25, -0.2) is 9.18 Å². The molecule has 0 aliphatic rings. The summed E-state index contributed by atoms with van der Waals surface area (Å²) in [6.45, 7) is 0. The van der Waals surface area contributed by atoms with Gasteiger partial charge in [0.05, 0.1) is 7.11 Å². The first-order valence-corrected chi connectivity index (χ1v) is 4.43. The molecule has 7 heteroatoms. The number of rotatable bonds is 2. The lowest BCUT2D eigenvalue weighted by molar-refractivity contribution is -0.206. The molecule has 1 aromatic carbocycles. The van der Waals surface area contributed by atoms with Gasteiger partial charge in [0, 0.05) is 0 Å². The molecule has 1 unspecified atom stereocenters. The monoisotopic (exact) mass is 251 g/mol. The maximum Gasteiger partial charge on any atom is 0.421 e. The number of hydrogen-bond donors (Lipinski definition) is 1. The quantitative estimate of drug-likeness (QED) is 0.643. The Kier molecular flexibility index (Phi) is 3.42. The van der Waals surface area contributed by atoms with Gasteiger partial charge in [-0.15, -0.1) is 0 Å². The van der Waals surface area contributed by atoms with Gasteiger partial charge in [-0.1, -0.05) is 12.1 Å². The lowest BCUT2D eigenvalue weighted by Gasteiger charge is -2.29. The molecule has 1 aromatic rings. The van der Waals surface area contributed by atoms with E-state index >= 15 is 0 Å². The molecule has 0 radical (unpaired) electrons. The minimum absolute atomic E-state index is 0.546. The Balaban J connectivity index is 3.40. The standard InChI is InChI=1S/C10H9F4NO2/c1-17-8(16)9(15,10(12,13)14)6-3-2-4-7(11)5-6/h2-5H,15H2,1H3. The van der Waals surface area contributed by atoms with Crippen LogP contribution in [0.3, 0.4) is 0 Å². The Hall–Kier alpha value is -1.63. The SMILES string of the molecule is COC(=O)C(N)(c1cccc(F)c1)C(F)(F)F. The van der Waals surface area contributed by atoms with E-state index in [0.717, 1.165) is 25.3 Å². The Bertz CT molecular complexity index is 433. The molecule has 2 N–H and O–H groups in total.